The van der Waals surface area contributed by atoms with Crippen molar-refractivity contribution in [1.82, 2.24) is 20.4 Å². The average molecular weight is 595 g/mol. The van der Waals surface area contributed by atoms with Crippen LogP contribution in [0.25, 0.3) is 10.8 Å². The van der Waals surface area contributed by atoms with E-state index in [0.717, 1.165) is 35.7 Å². The number of hydrogen-bond acceptors (Lipinski definition) is 3. The second-order valence-corrected chi connectivity index (χ2v) is 11.3. The van der Waals surface area contributed by atoms with E-state index in [1.807, 2.05) is 48.8 Å². The minimum Gasteiger partial charge on any atom is -0.319 e. The molecule has 5 nitrogen and oxygen atoms in total. The molecule has 0 fully saturated rings. The Bertz CT molecular complexity index is 1750. The Balaban J connectivity index is 1.12. The van der Waals surface area contributed by atoms with Crippen molar-refractivity contribution in [2.75, 3.05) is 0 Å². The van der Waals surface area contributed by atoms with Crippen molar-refractivity contribution < 1.29 is 4.79 Å². The Morgan fingerprint density at radius 3 is 1.89 bits per heavy atom. The highest BCUT2D eigenvalue weighted by atomic mass is 32.1. The van der Waals surface area contributed by atoms with Gasteiger partial charge in [0.25, 0.3) is 5.91 Å². The van der Waals surface area contributed by atoms with Gasteiger partial charge in [0.05, 0.1) is 17.0 Å². The first kappa shape index (κ1) is 29.0. The molecule has 6 heteroatoms. The number of fused-ring (bicyclic) bond motifs is 1. The van der Waals surface area contributed by atoms with Gasteiger partial charge in [-0.3, -0.25) is 15.6 Å². The summed E-state index contributed by atoms with van der Waals surface area (Å²) in [6.07, 6.45) is 7.43. The first-order valence-corrected chi connectivity index (χ1v) is 15.3. The van der Waals surface area contributed by atoms with Crippen molar-refractivity contribution in [1.29, 1.82) is 0 Å². The number of hydrazine groups is 1. The Hall–Kier alpha value is -5.07. The van der Waals surface area contributed by atoms with Gasteiger partial charge < -0.3 is 4.57 Å². The van der Waals surface area contributed by atoms with Gasteiger partial charge in [-0.1, -0.05) is 140 Å². The van der Waals surface area contributed by atoms with Gasteiger partial charge in [-0.15, -0.1) is 0 Å². The number of hydrogen-bond donors (Lipinski definition) is 2. The molecule has 0 unspecified atom stereocenters. The van der Waals surface area contributed by atoms with E-state index in [4.69, 9.17) is 17.2 Å². The van der Waals surface area contributed by atoms with E-state index in [0.29, 0.717) is 17.0 Å². The largest absolute Gasteiger partial charge is 0.319 e. The van der Waals surface area contributed by atoms with Crippen molar-refractivity contribution in [2.45, 2.75) is 31.2 Å². The van der Waals surface area contributed by atoms with Crippen LogP contribution in [-0.4, -0.2) is 20.4 Å². The smallest absolute Gasteiger partial charge is 0.270 e. The Kier molecular flexibility index (Phi) is 8.90. The number of unbranched alkanes of at least 4 members (excludes halogenated alkanes) is 1. The van der Waals surface area contributed by atoms with E-state index in [9.17, 15) is 4.79 Å². The highest BCUT2D eigenvalue weighted by Crippen LogP contribution is 2.40. The number of amides is 1. The second kappa shape index (κ2) is 13.5. The number of nitrogens with zero attached hydrogens (tertiary/aromatic N) is 2. The molecule has 2 N–H and O–H groups in total. The molecule has 44 heavy (non-hydrogen) atoms. The number of rotatable bonds is 10. The summed E-state index contributed by atoms with van der Waals surface area (Å²) < 4.78 is 2.25. The molecule has 0 spiro atoms. The predicted octanol–water partition coefficient (Wildman–Crippen LogP) is 7.85. The number of imidazole rings is 1. The summed E-state index contributed by atoms with van der Waals surface area (Å²) in [5, 5.41) is 1.94. The lowest BCUT2D eigenvalue weighted by Crippen LogP contribution is -2.40. The number of benzene rings is 5. The SMILES string of the molecule is O=C(NNC(=S)CCCCc1cn(C(c2ccccc2)(c2ccccc2)c2ccccc2)cn1)c1cccc2ccccc12. The maximum atomic E-state index is 12.8. The molecule has 0 aliphatic rings. The molecule has 6 aromatic rings. The highest BCUT2D eigenvalue weighted by molar-refractivity contribution is 7.80. The van der Waals surface area contributed by atoms with Gasteiger partial charge in [0.1, 0.15) is 5.54 Å². The van der Waals surface area contributed by atoms with Crippen LogP contribution in [0.15, 0.2) is 146 Å². The van der Waals surface area contributed by atoms with Crippen LogP contribution in [0.5, 0.6) is 0 Å². The predicted molar refractivity (Wildman–Crippen MR) is 182 cm³/mol. The number of nitrogens with one attached hydrogen (secondary N) is 2. The number of aromatic nitrogens is 2. The van der Waals surface area contributed by atoms with Crippen LogP contribution >= 0.6 is 12.2 Å². The number of carbonyl (C=O) groups is 1. The Labute approximate surface area is 263 Å². The Morgan fingerprint density at radius 2 is 1.25 bits per heavy atom. The minimum atomic E-state index is -0.567. The van der Waals surface area contributed by atoms with E-state index in [2.05, 4.69) is 113 Å². The van der Waals surface area contributed by atoms with Crippen molar-refractivity contribution in [2.24, 2.45) is 0 Å². The summed E-state index contributed by atoms with van der Waals surface area (Å²) in [5.74, 6) is -0.201. The van der Waals surface area contributed by atoms with Gasteiger partial charge in [0, 0.05) is 11.8 Å². The molecule has 1 aromatic heterocycles. The zero-order chi connectivity index (χ0) is 30.2. The van der Waals surface area contributed by atoms with Crippen LogP contribution in [0.1, 0.15) is 52.0 Å². The minimum absolute atomic E-state index is 0.201. The lowest BCUT2D eigenvalue weighted by molar-refractivity contribution is 0.0945. The molecule has 0 bridgehead atoms. The highest BCUT2D eigenvalue weighted by Gasteiger charge is 2.38. The van der Waals surface area contributed by atoms with Gasteiger partial charge in [-0.25, -0.2) is 4.98 Å². The van der Waals surface area contributed by atoms with Crippen molar-refractivity contribution in [3.63, 3.8) is 0 Å². The molecule has 1 heterocycles. The second-order valence-electron chi connectivity index (χ2n) is 10.8. The van der Waals surface area contributed by atoms with Gasteiger partial charge >= 0.3 is 0 Å². The van der Waals surface area contributed by atoms with E-state index < -0.39 is 5.54 Å². The molecule has 0 saturated carbocycles. The quantitative estimate of drug-likeness (QED) is 0.0734. The topological polar surface area (TPSA) is 59.0 Å². The summed E-state index contributed by atoms with van der Waals surface area (Å²) in [6.45, 7) is 0. The first-order chi connectivity index (χ1) is 21.7. The average Bonchev–Trinajstić information content (AvgIpc) is 3.56. The van der Waals surface area contributed by atoms with Crippen LogP contribution in [0.3, 0.4) is 0 Å². The maximum Gasteiger partial charge on any atom is 0.270 e. The third-order valence-corrected chi connectivity index (χ3v) is 8.34. The molecule has 218 valence electrons. The molecule has 0 radical (unpaired) electrons. The molecule has 5 aromatic carbocycles. The molecule has 6 rings (SSSR count). The van der Waals surface area contributed by atoms with Crippen LogP contribution in [0.2, 0.25) is 0 Å². The fourth-order valence-corrected chi connectivity index (χ4v) is 6.13. The standard InChI is InChI=1S/C38H34N4OS/c43-37(35-25-14-16-29-15-10-12-24-34(29)35)41-40-36(44)26-13-11-23-33-27-42(28-39-33)38(30-17-4-1-5-18-30,31-19-6-2-7-20-31)32-21-8-3-9-22-32/h1-10,12,14-22,24-25,27-28H,11,13,23,26H2,(H,40,44)(H,41,43). The molecule has 1 amide bonds. The van der Waals surface area contributed by atoms with E-state index in [1.165, 1.54) is 16.7 Å². The van der Waals surface area contributed by atoms with Crippen LogP contribution in [0.4, 0.5) is 0 Å². The third-order valence-electron chi connectivity index (χ3n) is 8.03. The fourth-order valence-electron chi connectivity index (χ4n) is 5.93. The van der Waals surface area contributed by atoms with Gasteiger partial charge in [0.15, 0.2) is 0 Å². The van der Waals surface area contributed by atoms with E-state index in [1.54, 1.807) is 0 Å². The number of aryl methyl sites for hydroxylation is 1. The van der Waals surface area contributed by atoms with E-state index >= 15 is 0 Å². The number of thiocarbonyl (C=S) groups is 1. The van der Waals surface area contributed by atoms with Crippen molar-refractivity contribution >= 4 is 33.9 Å². The lowest BCUT2D eigenvalue weighted by atomic mass is 9.77. The van der Waals surface area contributed by atoms with Gasteiger partial charge in [-0.05, 0) is 59.2 Å². The zero-order valence-electron chi connectivity index (χ0n) is 24.4. The lowest BCUT2D eigenvalue weighted by Gasteiger charge is -2.37. The monoisotopic (exact) mass is 594 g/mol. The van der Waals surface area contributed by atoms with Crippen LogP contribution < -0.4 is 10.9 Å². The summed E-state index contributed by atoms with van der Waals surface area (Å²) >= 11 is 5.52. The Morgan fingerprint density at radius 1 is 0.682 bits per heavy atom. The summed E-state index contributed by atoms with van der Waals surface area (Å²) in [7, 11) is 0. The molecule has 0 saturated heterocycles. The van der Waals surface area contributed by atoms with Crippen molar-refractivity contribution in [3.8, 4) is 0 Å². The van der Waals surface area contributed by atoms with Gasteiger partial charge in [0.2, 0.25) is 0 Å². The maximum absolute atomic E-state index is 12.8. The molecule has 0 atom stereocenters. The van der Waals surface area contributed by atoms with Crippen LogP contribution in [0, 0.1) is 0 Å². The summed E-state index contributed by atoms with van der Waals surface area (Å²) in [6, 6.07) is 45.4. The molecular weight excluding hydrogens is 561 g/mol. The normalized spacial score (nSPS) is 11.3. The van der Waals surface area contributed by atoms with E-state index in [-0.39, 0.29) is 5.91 Å². The zero-order valence-corrected chi connectivity index (χ0v) is 25.2. The molecular formula is C38H34N4OS. The van der Waals surface area contributed by atoms with Crippen LogP contribution in [-0.2, 0) is 12.0 Å². The third kappa shape index (κ3) is 6.03. The van der Waals surface area contributed by atoms with Crippen molar-refractivity contribution in [3.05, 3.63) is 174 Å². The number of carbonyl (C=O) groups excluding carboxylic acids is 1. The summed E-state index contributed by atoms with van der Waals surface area (Å²) in [5.41, 5.74) is 10.3. The first-order valence-electron chi connectivity index (χ1n) is 14.9. The molecule has 0 aliphatic heterocycles. The van der Waals surface area contributed by atoms with Gasteiger partial charge in [-0.2, -0.15) is 0 Å². The fraction of sp³-hybridized carbons (Fsp3) is 0.132. The summed E-state index contributed by atoms with van der Waals surface area (Å²) in [4.78, 5) is 18.3. The molecule has 0 aliphatic carbocycles.